The zero-order valence-electron chi connectivity index (χ0n) is 24.0. The fourth-order valence-corrected chi connectivity index (χ4v) is 4.56. The summed E-state index contributed by atoms with van der Waals surface area (Å²) in [5, 5.41) is 9.93. The van der Waals surface area contributed by atoms with Crippen LogP contribution >= 0.6 is 0 Å². The van der Waals surface area contributed by atoms with Crippen molar-refractivity contribution < 1.29 is 24.2 Å². The van der Waals surface area contributed by atoms with Gasteiger partial charge in [0.2, 0.25) is 0 Å². The Morgan fingerprint density at radius 3 is 1.72 bits per heavy atom. The number of aliphatic hydroxyl groups is 1. The van der Waals surface area contributed by atoms with Gasteiger partial charge in [-0.15, -0.1) is 0 Å². The maximum absolute atomic E-state index is 11.8. The molecule has 1 N–H and O–H groups in total. The van der Waals surface area contributed by atoms with Crippen LogP contribution in [0.25, 0.3) is 0 Å². The molecular formula is C29H56N2O5. The average molecular weight is 513 g/mol. The van der Waals surface area contributed by atoms with E-state index in [0.29, 0.717) is 43.9 Å². The molecule has 0 aromatic carbocycles. The van der Waals surface area contributed by atoms with Crippen LogP contribution < -0.4 is 0 Å². The van der Waals surface area contributed by atoms with Crippen molar-refractivity contribution in [3.63, 3.8) is 0 Å². The van der Waals surface area contributed by atoms with E-state index in [1.807, 2.05) is 0 Å². The van der Waals surface area contributed by atoms with Crippen LogP contribution in [0.4, 0.5) is 0 Å². The van der Waals surface area contributed by atoms with E-state index in [1.165, 1.54) is 0 Å². The molecule has 0 unspecified atom stereocenters. The van der Waals surface area contributed by atoms with E-state index in [1.54, 1.807) is 0 Å². The first-order valence-electron chi connectivity index (χ1n) is 14.6. The van der Waals surface area contributed by atoms with Gasteiger partial charge in [0.25, 0.3) is 0 Å². The van der Waals surface area contributed by atoms with Gasteiger partial charge in [-0.25, -0.2) is 0 Å². The van der Waals surface area contributed by atoms with E-state index in [9.17, 15) is 14.7 Å². The number of unbranched alkanes of at least 4 members (excludes halogenated alkanes) is 4. The Hall–Kier alpha value is -1.18. The Morgan fingerprint density at radius 2 is 1.22 bits per heavy atom. The lowest BCUT2D eigenvalue weighted by molar-refractivity contribution is -0.145. The molecule has 0 aliphatic heterocycles. The molecule has 1 saturated carbocycles. The summed E-state index contributed by atoms with van der Waals surface area (Å²) in [5.74, 6) is 0.626. The van der Waals surface area contributed by atoms with Crippen LogP contribution in [0, 0.1) is 11.8 Å². The molecule has 0 atom stereocenters. The third-order valence-electron chi connectivity index (χ3n) is 6.85. The van der Waals surface area contributed by atoms with Crippen molar-refractivity contribution in [3.05, 3.63) is 0 Å². The smallest absolute Gasteiger partial charge is 0.305 e. The average Bonchev–Trinajstić information content (AvgIpc) is 2.83. The number of rotatable bonds is 20. The van der Waals surface area contributed by atoms with Gasteiger partial charge >= 0.3 is 11.9 Å². The maximum atomic E-state index is 11.8. The van der Waals surface area contributed by atoms with Crippen molar-refractivity contribution in [2.75, 3.05) is 46.4 Å². The molecule has 0 spiro atoms. The lowest BCUT2D eigenvalue weighted by Gasteiger charge is -2.36. The lowest BCUT2D eigenvalue weighted by atomic mass is 9.91. The van der Waals surface area contributed by atoms with Crippen LogP contribution in [0.15, 0.2) is 0 Å². The van der Waals surface area contributed by atoms with Crippen molar-refractivity contribution in [1.82, 2.24) is 9.80 Å². The van der Waals surface area contributed by atoms with E-state index >= 15 is 0 Å². The molecule has 0 heterocycles. The second-order valence-corrected chi connectivity index (χ2v) is 11.6. The topological polar surface area (TPSA) is 79.3 Å². The quantitative estimate of drug-likeness (QED) is 0.181. The molecular weight excluding hydrogens is 456 g/mol. The van der Waals surface area contributed by atoms with Crippen molar-refractivity contribution in [2.24, 2.45) is 11.8 Å². The number of nitrogens with zero attached hydrogens (tertiary/aromatic N) is 2. The zero-order valence-corrected chi connectivity index (χ0v) is 24.0. The maximum Gasteiger partial charge on any atom is 0.305 e. The predicted octanol–water partition coefficient (Wildman–Crippen LogP) is 5.04. The van der Waals surface area contributed by atoms with E-state index in [2.05, 4.69) is 44.5 Å². The van der Waals surface area contributed by atoms with Crippen molar-refractivity contribution in [3.8, 4) is 0 Å². The highest BCUT2D eigenvalue weighted by Crippen LogP contribution is 2.23. The second-order valence-electron chi connectivity index (χ2n) is 11.6. The largest absolute Gasteiger partial charge is 0.465 e. The molecule has 0 aromatic heterocycles. The van der Waals surface area contributed by atoms with E-state index in [0.717, 1.165) is 90.4 Å². The molecule has 1 rings (SSSR count). The number of carbonyl (C=O) groups is 2. The highest BCUT2D eigenvalue weighted by molar-refractivity contribution is 5.69. The number of hydrogen-bond donors (Lipinski definition) is 1. The first kappa shape index (κ1) is 32.8. The predicted molar refractivity (Wildman–Crippen MR) is 146 cm³/mol. The fraction of sp³-hybridized carbons (Fsp3) is 0.931. The number of hydrogen-bond acceptors (Lipinski definition) is 7. The van der Waals surface area contributed by atoms with Gasteiger partial charge < -0.3 is 19.5 Å². The zero-order chi connectivity index (χ0) is 26.8. The Balaban J connectivity index is 2.27. The van der Waals surface area contributed by atoms with E-state index < -0.39 is 0 Å². The summed E-state index contributed by atoms with van der Waals surface area (Å²) in [6.45, 7) is 13.4. The molecule has 0 saturated heterocycles. The molecule has 1 fully saturated rings. The van der Waals surface area contributed by atoms with E-state index in [4.69, 9.17) is 9.47 Å². The fourth-order valence-electron chi connectivity index (χ4n) is 4.56. The summed E-state index contributed by atoms with van der Waals surface area (Å²) >= 11 is 0. The Morgan fingerprint density at radius 1 is 0.722 bits per heavy atom. The summed E-state index contributed by atoms with van der Waals surface area (Å²) in [7, 11) is 2.18. The van der Waals surface area contributed by atoms with Crippen LogP contribution in [0.2, 0.25) is 0 Å². The number of ether oxygens (including phenoxy) is 2. The summed E-state index contributed by atoms with van der Waals surface area (Å²) < 4.78 is 10.5. The number of aliphatic hydroxyl groups excluding tert-OH is 1. The van der Waals surface area contributed by atoms with E-state index in [-0.39, 0.29) is 18.0 Å². The third-order valence-corrected chi connectivity index (χ3v) is 6.85. The molecule has 1 aliphatic rings. The molecule has 0 aromatic rings. The lowest BCUT2D eigenvalue weighted by Crippen LogP contribution is -2.43. The normalized spacial score (nSPS) is 18.4. The summed E-state index contributed by atoms with van der Waals surface area (Å²) in [4.78, 5) is 28.6. The molecule has 7 heteroatoms. The third kappa shape index (κ3) is 17.3. The van der Waals surface area contributed by atoms with Crippen molar-refractivity contribution in [2.45, 2.75) is 117 Å². The number of esters is 2. The summed E-state index contributed by atoms with van der Waals surface area (Å²) in [5.41, 5.74) is 0. The minimum absolute atomic E-state index is 0.0715. The molecule has 0 amide bonds. The van der Waals surface area contributed by atoms with Crippen LogP contribution in [0.3, 0.4) is 0 Å². The van der Waals surface area contributed by atoms with Gasteiger partial charge in [-0.3, -0.25) is 14.5 Å². The van der Waals surface area contributed by atoms with Gasteiger partial charge in [0.15, 0.2) is 0 Å². The highest BCUT2D eigenvalue weighted by Gasteiger charge is 2.24. The Bertz CT molecular complexity index is 576. The molecule has 36 heavy (non-hydrogen) atoms. The van der Waals surface area contributed by atoms with Gasteiger partial charge in [-0.2, -0.15) is 0 Å². The molecule has 0 radical (unpaired) electrons. The Kier molecular flexibility index (Phi) is 18.1. The van der Waals surface area contributed by atoms with Gasteiger partial charge in [-0.05, 0) is 83.3 Å². The molecule has 1 aliphatic carbocycles. The van der Waals surface area contributed by atoms with Gasteiger partial charge in [0, 0.05) is 32.0 Å². The molecule has 0 bridgehead atoms. The summed E-state index contributed by atoms with van der Waals surface area (Å²) in [6, 6.07) is 0.551. The van der Waals surface area contributed by atoms with Gasteiger partial charge in [0.05, 0.1) is 19.3 Å². The standard InChI is InChI=1S/C29H56N2O5/c1-24(2)22-35-28(33)12-8-6-10-18-30(5)20-21-31(26-14-16-27(32)17-15-26)19-11-7-9-13-29(34)36-23-25(3)4/h24-27,32H,6-23H2,1-5H3. The number of likely N-dealkylation sites (N-methyl/N-ethyl adjacent to an activating group) is 1. The SMILES string of the molecule is CC(C)COC(=O)CCCCCN(C)CCN(CCCCCC(=O)OCC(C)C)C1CCC(O)CC1. The number of carbonyl (C=O) groups excluding carboxylic acids is 2. The minimum atomic E-state index is -0.134. The van der Waals surface area contributed by atoms with Crippen molar-refractivity contribution >= 4 is 11.9 Å². The van der Waals surface area contributed by atoms with Gasteiger partial charge in [0.1, 0.15) is 0 Å². The molecule has 212 valence electrons. The monoisotopic (exact) mass is 512 g/mol. The van der Waals surface area contributed by atoms with Crippen LogP contribution in [0.5, 0.6) is 0 Å². The summed E-state index contributed by atoms with van der Waals surface area (Å²) in [6.07, 6.45) is 10.9. The van der Waals surface area contributed by atoms with Gasteiger partial charge in [-0.1, -0.05) is 40.5 Å². The first-order valence-corrected chi connectivity index (χ1v) is 14.6. The Labute approximate surface area is 221 Å². The van der Waals surface area contributed by atoms with Crippen LogP contribution in [-0.4, -0.2) is 85.4 Å². The van der Waals surface area contributed by atoms with Crippen molar-refractivity contribution in [1.29, 1.82) is 0 Å². The van der Waals surface area contributed by atoms with Crippen LogP contribution in [0.1, 0.15) is 105 Å². The minimum Gasteiger partial charge on any atom is -0.465 e. The van der Waals surface area contributed by atoms with Crippen LogP contribution in [-0.2, 0) is 19.1 Å². The highest BCUT2D eigenvalue weighted by atomic mass is 16.5. The molecule has 7 nitrogen and oxygen atoms in total. The second kappa shape index (κ2) is 19.9. The first-order chi connectivity index (χ1) is 17.2.